The Hall–Kier alpha value is -10.9. The number of hydrogen-bond donors (Lipinski definition) is 1. The first-order valence-electron chi connectivity index (χ1n) is 52.9. The fraction of sp³-hybridized carbons (Fsp3) is 0.417. The number of fused-ring (bicyclic) bond motifs is 9. The van der Waals surface area contributed by atoms with Gasteiger partial charge in [0.15, 0.2) is 0 Å². The molecule has 12 nitrogen and oxygen atoms in total. The third-order valence-corrected chi connectivity index (χ3v) is 29.1. The molecule has 0 heterocycles. The average molecular weight is 1870 g/mol. The van der Waals surface area contributed by atoms with E-state index in [9.17, 15) is 5.11 Å². The van der Waals surface area contributed by atoms with Gasteiger partial charge >= 0.3 is 11.9 Å². The summed E-state index contributed by atoms with van der Waals surface area (Å²) in [4.78, 5) is 30.9. The minimum absolute atomic E-state index is 0.0689. The first-order chi connectivity index (χ1) is 68.4. The van der Waals surface area contributed by atoms with Gasteiger partial charge in [0.05, 0.1) is 114 Å². The van der Waals surface area contributed by atoms with Crippen molar-refractivity contribution in [3.8, 4) is 61.4 Å². The highest BCUT2D eigenvalue weighted by molar-refractivity contribution is 5.98. The van der Waals surface area contributed by atoms with Crippen molar-refractivity contribution in [2.45, 2.75) is 245 Å². The summed E-state index contributed by atoms with van der Waals surface area (Å²) in [5, 5.41) is 9.38. The predicted molar refractivity (Wildman–Crippen MR) is 567 cm³/mol. The Morgan fingerprint density at radius 3 is 0.899 bits per heavy atom. The van der Waals surface area contributed by atoms with Crippen LogP contribution in [-0.2, 0) is 99.3 Å². The molecule has 0 atom stereocenters. The second kappa shape index (κ2) is 51.0. The lowest BCUT2D eigenvalue weighted by atomic mass is 9.66. The van der Waals surface area contributed by atoms with E-state index in [1.165, 1.54) is 177 Å². The van der Waals surface area contributed by atoms with Crippen LogP contribution in [0.3, 0.4) is 0 Å². The number of carbonyl (C=O) groups excluding carboxylic acids is 2. The maximum Gasteiger partial charge on any atom is 0.341 e. The molecular formula is C127H150O12. The van der Waals surface area contributed by atoms with Gasteiger partial charge in [0.1, 0.15) is 17.9 Å². The second-order valence-corrected chi connectivity index (χ2v) is 38.4. The zero-order valence-electron chi connectivity index (χ0n) is 84.5. The highest BCUT2D eigenvalue weighted by atomic mass is 16.6. The first kappa shape index (κ1) is 102. The number of hydrogen-bond acceptors (Lipinski definition) is 12. The second-order valence-electron chi connectivity index (χ2n) is 38.4. The minimum Gasteiger partial charge on any atom is -0.490 e. The normalized spacial score (nSPS) is 13.3. The Balaban J connectivity index is 0.978. The zero-order chi connectivity index (χ0) is 96.8. The minimum atomic E-state index is -1.35. The van der Waals surface area contributed by atoms with Crippen molar-refractivity contribution in [2.24, 2.45) is 0 Å². The number of rotatable bonds is 58. The molecule has 0 amide bonds. The molecule has 12 aromatic rings. The van der Waals surface area contributed by atoms with E-state index < -0.39 is 28.2 Å². The molecule has 12 heteroatoms. The molecule has 0 spiro atoms. The summed E-state index contributed by atoms with van der Waals surface area (Å²) >= 11 is 0. The van der Waals surface area contributed by atoms with Crippen LogP contribution in [0.15, 0.2) is 243 Å². The van der Waals surface area contributed by atoms with Crippen molar-refractivity contribution in [3.63, 3.8) is 0 Å². The van der Waals surface area contributed by atoms with Crippen LogP contribution in [0, 0.1) is 0 Å². The number of benzene rings is 12. The SMILES string of the molecule is CCCCCCc1ccc(C2(c3ccc(CCCCCC)cc3)c3cc(CCCC)ccc3-c3ccc(-c4ccc5c(c4)C(c4ccc(COCCOCCOCCO)c(C(=O)OCC)c4)(c4ccc(OCCOCCOCCOC)c(C(=O)OCC)c4)c4cc(-c6ccc7c(c6)C(c6ccc(CCCCCC)cc6)(c6ccc(CCCCCC)cc6)c6cc(CCCC)ccc6-7)ccc4-5)cc32)cc1. The van der Waals surface area contributed by atoms with E-state index in [0.29, 0.717) is 56.5 Å². The molecule has 0 aromatic heterocycles. The van der Waals surface area contributed by atoms with Crippen molar-refractivity contribution in [3.05, 3.63) is 359 Å². The Kier molecular flexibility index (Phi) is 37.6. The molecule has 3 aliphatic carbocycles. The summed E-state index contributed by atoms with van der Waals surface area (Å²) in [7, 11) is 1.65. The van der Waals surface area contributed by atoms with Crippen LogP contribution in [-0.4, -0.2) is 117 Å². The van der Waals surface area contributed by atoms with E-state index in [1.54, 1.807) is 7.11 Å². The van der Waals surface area contributed by atoms with Gasteiger partial charge in [0.2, 0.25) is 0 Å². The van der Waals surface area contributed by atoms with E-state index in [0.717, 1.165) is 146 Å². The highest BCUT2D eigenvalue weighted by Crippen LogP contribution is 2.63. The van der Waals surface area contributed by atoms with Gasteiger partial charge in [-0.25, -0.2) is 9.59 Å². The lowest BCUT2D eigenvalue weighted by Crippen LogP contribution is -2.30. The fourth-order valence-corrected chi connectivity index (χ4v) is 21.9. The molecule has 15 rings (SSSR count). The van der Waals surface area contributed by atoms with Gasteiger partial charge in [0.25, 0.3) is 0 Å². The Morgan fingerprint density at radius 1 is 0.259 bits per heavy atom. The lowest BCUT2D eigenvalue weighted by molar-refractivity contribution is 0.00429. The fourth-order valence-electron chi connectivity index (χ4n) is 21.9. The number of ether oxygens (including phenoxy) is 9. The van der Waals surface area contributed by atoms with Gasteiger partial charge in [-0.15, -0.1) is 0 Å². The summed E-state index contributed by atoms with van der Waals surface area (Å²) < 4.78 is 54.1. The van der Waals surface area contributed by atoms with Crippen molar-refractivity contribution < 1.29 is 57.3 Å². The molecule has 0 aliphatic heterocycles. The highest BCUT2D eigenvalue weighted by Gasteiger charge is 2.51. The molecule has 0 radical (unpaired) electrons. The van der Waals surface area contributed by atoms with Crippen LogP contribution in [0.5, 0.6) is 5.75 Å². The Bertz CT molecular complexity index is 5510. The van der Waals surface area contributed by atoms with Crippen molar-refractivity contribution in [2.75, 3.05) is 99.6 Å². The molecule has 1 N–H and O–H groups in total. The van der Waals surface area contributed by atoms with Crippen LogP contribution in [0.4, 0.5) is 0 Å². The molecule has 139 heavy (non-hydrogen) atoms. The number of aliphatic hydroxyl groups excluding tert-OH is 1. The summed E-state index contributed by atoms with van der Waals surface area (Å²) in [6.45, 7) is 21.1. The van der Waals surface area contributed by atoms with Crippen LogP contribution in [0.1, 0.15) is 310 Å². The van der Waals surface area contributed by atoms with Crippen LogP contribution < -0.4 is 4.74 Å². The Labute approximate surface area is 829 Å². The van der Waals surface area contributed by atoms with Gasteiger partial charge < -0.3 is 47.7 Å². The van der Waals surface area contributed by atoms with Gasteiger partial charge in [-0.1, -0.05) is 332 Å². The van der Waals surface area contributed by atoms with E-state index in [2.05, 4.69) is 260 Å². The third kappa shape index (κ3) is 23.2. The number of aryl methyl sites for hydroxylation is 6. The number of methoxy groups -OCH3 is 1. The largest absolute Gasteiger partial charge is 0.490 e. The Morgan fingerprint density at radius 2 is 0.547 bits per heavy atom. The molecule has 0 saturated heterocycles. The lowest BCUT2D eigenvalue weighted by Gasteiger charge is -2.36. The summed E-state index contributed by atoms with van der Waals surface area (Å²) in [5.41, 5.74) is 31.0. The first-order valence-corrected chi connectivity index (χ1v) is 52.9. The molecule has 0 unspecified atom stereocenters. The molecule has 3 aliphatic rings. The topological polar surface area (TPSA) is 137 Å². The van der Waals surface area contributed by atoms with E-state index in [1.807, 2.05) is 38.1 Å². The molecular weight excluding hydrogens is 1720 g/mol. The van der Waals surface area contributed by atoms with Gasteiger partial charge in [-0.3, -0.25) is 0 Å². The molecule has 730 valence electrons. The molecule has 0 fully saturated rings. The van der Waals surface area contributed by atoms with Crippen LogP contribution in [0.2, 0.25) is 0 Å². The summed E-state index contributed by atoms with van der Waals surface area (Å²) in [6.07, 6.45) is 29.6. The van der Waals surface area contributed by atoms with Gasteiger partial charge in [-0.2, -0.15) is 0 Å². The molecule has 12 aromatic carbocycles. The van der Waals surface area contributed by atoms with E-state index in [-0.39, 0.29) is 65.0 Å². The quantitative estimate of drug-likeness (QED) is 0.0287. The number of esters is 2. The molecule has 0 saturated carbocycles. The average Bonchev–Trinajstić information content (AvgIpc) is 1.53. The molecule has 0 bridgehead atoms. The smallest absolute Gasteiger partial charge is 0.341 e. The number of carbonyl (C=O) groups is 2. The van der Waals surface area contributed by atoms with E-state index >= 15 is 9.59 Å². The maximum atomic E-state index is 15.5. The van der Waals surface area contributed by atoms with E-state index in [4.69, 9.17) is 42.6 Å². The summed E-state index contributed by atoms with van der Waals surface area (Å²) in [5.74, 6) is -0.704. The monoisotopic (exact) mass is 1870 g/mol. The zero-order valence-corrected chi connectivity index (χ0v) is 84.5. The van der Waals surface area contributed by atoms with Gasteiger partial charge in [0, 0.05) is 7.11 Å². The van der Waals surface area contributed by atoms with Crippen LogP contribution in [0.25, 0.3) is 55.6 Å². The summed E-state index contributed by atoms with van der Waals surface area (Å²) in [6, 6.07) is 94.4. The predicted octanol–water partition coefficient (Wildman–Crippen LogP) is 29.2. The van der Waals surface area contributed by atoms with Gasteiger partial charge in [-0.05, 0) is 295 Å². The third-order valence-electron chi connectivity index (χ3n) is 29.1. The number of aliphatic hydroxyl groups is 1. The van der Waals surface area contributed by atoms with Crippen molar-refractivity contribution in [1.29, 1.82) is 0 Å². The van der Waals surface area contributed by atoms with Crippen molar-refractivity contribution in [1.82, 2.24) is 0 Å². The van der Waals surface area contributed by atoms with Crippen LogP contribution >= 0.6 is 0 Å². The standard InChI is InChI=1S/C127H150O12/c1-10-18-24-28-34-91-38-53-102(54-39-91)125(103-55-40-92(41-56-103)35-29-25-19-11-2)116-82-95(32-22-14-5)46-63-108(116)110-65-49-97(84-118(110)125)99-51-67-112-113-68-52-100(98-50-66-111-109-64-47-96(33-23-15-6)83-117(109)126(119(111)85-98,104-57-42-93(43-58-104)36-30-26-20-12-3)105-59-44-94(45-60-105)37-31-27-21-13-4)87-121(113)127(120(112)86-99,106-61-48-101(114(88-106)123(129)137-16-7)90-136-79-78-134-75-74-132-71-70-128)107-62-69-122(115(89-107)124(130)138-17-8)139-81-80-135-77-76-133-73-72-131-9/h38-69,82-89,128H,10-37,70-81,90H2,1-9H3. The number of unbranched alkanes of at least 4 members (excludes halogenated alkanes) is 14. The maximum absolute atomic E-state index is 15.5. The van der Waals surface area contributed by atoms with Crippen molar-refractivity contribution >= 4 is 11.9 Å².